The molecule has 13 heteroatoms. The number of amides is 3. The summed E-state index contributed by atoms with van der Waals surface area (Å²) in [5, 5.41) is 1.97. The summed E-state index contributed by atoms with van der Waals surface area (Å²) in [7, 11) is 0. The summed E-state index contributed by atoms with van der Waals surface area (Å²) in [6.07, 6.45) is -2.49. The fourth-order valence-corrected chi connectivity index (χ4v) is 6.19. The number of nitrogens with one attached hydrogen (secondary N) is 1. The van der Waals surface area contributed by atoms with E-state index in [1.807, 2.05) is 0 Å². The van der Waals surface area contributed by atoms with E-state index in [9.17, 15) is 31.5 Å². The molecule has 1 saturated carbocycles. The van der Waals surface area contributed by atoms with Crippen LogP contribution in [0, 0.1) is 5.41 Å². The third-order valence-corrected chi connectivity index (χ3v) is 8.73. The average molecular weight is 565 g/mol. The smallest absolute Gasteiger partial charge is 0.377 e. The summed E-state index contributed by atoms with van der Waals surface area (Å²) in [6, 6.07) is 0.709. The van der Waals surface area contributed by atoms with Crippen molar-refractivity contribution in [3.05, 3.63) is 28.8 Å². The molecule has 3 saturated heterocycles. The van der Waals surface area contributed by atoms with Crippen LogP contribution in [0.15, 0.2) is 18.2 Å². The minimum Gasteiger partial charge on any atom is -0.377 e. The SMILES string of the molecule is CC1C(=O)N2C(CCN3CCC4(CC4)C(F)(F)C3)COCC2CN1C(=O)Nc1ccc(C(F)(F)F)c(Cl)c1. The van der Waals surface area contributed by atoms with Gasteiger partial charge >= 0.3 is 12.2 Å². The van der Waals surface area contributed by atoms with Gasteiger partial charge in [-0.05, 0) is 57.4 Å². The topological polar surface area (TPSA) is 65.1 Å². The number of urea groups is 1. The van der Waals surface area contributed by atoms with Crippen molar-refractivity contribution in [1.29, 1.82) is 0 Å². The van der Waals surface area contributed by atoms with Crippen molar-refractivity contribution in [2.45, 2.75) is 62.8 Å². The van der Waals surface area contributed by atoms with E-state index in [2.05, 4.69) is 5.32 Å². The van der Waals surface area contributed by atoms with Gasteiger partial charge in [-0.2, -0.15) is 13.2 Å². The summed E-state index contributed by atoms with van der Waals surface area (Å²) in [4.78, 5) is 31.2. The fourth-order valence-electron chi connectivity index (χ4n) is 5.90. The Morgan fingerprint density at radius 3 is 2.58 bits per heavy atom. The summed E-state index contributed by atoms with van der Waals surface area (Å²) < 4.78 is 73.8. The van der Waals surface area contributed by atoms with E-state index < -0.39 is 46.2 Å². The van der Waals surface area contributed by atoms with Gasteiger partial charge in [-0.1, -0.05) is 11.6 Å². The number of benzene rings is 1. The van der Waals surface area contributed by atoms with E-state index in [4.69, 9.17) is 16.3 Å². The van der Waals surface area contributed by atoms with Gasteiger partial charge in [-0.3, -0.25) is 9.69 Å². The van der Waals surface area contributed by atoms with Gasteiger partial charge in [0, 0.05) is 24.2 Å². The Labute approximate surface area is 222 Å². The minimum absolute atomic E-state index is 0.0687. The molecule has 3 atom stereocenters. The predicted molar refractivity (Wildman–Crippen MR) is 129 cm³/mol. The standard InChI is InChI=1S/C25H30ClF5N4O3/c1-15-21(36)35-17(4-8-33-9-7-23(5-6-23)24(27,28)14-33)12-38-13-18(35)11-34(15)22(37)32-16-2-3-19(20(26)10-16)25(29,30)31/h2-3,10,15,17-18H,4-9,11-14H2,1H3,(H,32,37). The number of piperazine rings is 1. The second kappa shape index (κ2) is 9.78. The van der Waals surface area contributed by atoms with Crippen LogP contribution in [0.1, 0.15) is 38.2 Å². The van der Waals surface area contributed by atoms with Crippen LogP contribution < -0.4 is 5.32 Å². The largest absolute Gasteiger partial charge is 0.417 e. The lowest BCUT2D eigenvalue weighted by atomic mass is 9.89. The van der Waals surface area contributed by atoms with Gasteiger partial charge in [0.25, 0.3) is 5.92 Å². The summed E-state index contributed by atoms with van der Waals surface area (Å²) in [6.45, 7) is 3.02. The molecular formula is C25H30ClF5N4O3. The number of morpholine rings is 1. The van der Waals surface area contributed by atoms with E-state index in [1.165, 1.54) is 4.90 Å². The van der Waals surface area contributed by atoms with Gasteiger partial charge in [-0.25, -0.2) is 13.6 Å². The lowest BCUT2D eigenvalue weighted by Gasteiger charge is -2.50. The first-order chi connectivity index (χ1) is 17.8. The molecule has 0 bridgehead atoms. The van der Waals surface area contributed by atoms with Crippen molar-refractivity contribution in [2.24, 2.45) is 5.41 Å². The predicted octanol–water partition coefficient (Wildman–Crippen LogP) is 4.70. The molecule has 1 aliphatic carbocycles. The molecule has 38 heavy (non-hydrogen) atoms. The average Bonchev–Trinajstić information content (AvgIpc) is 3.63. The van der Waals surface area contributed by atoms with Crippen molar-refractivity contribution in [1.82, 2.24) is 14.7 Å². The lowest BCUT2D eigenvalue weighted by molar-refractivity contribution is -0.160. The van der Waals surface area contributed by atoms with Crippen molar-refractivity contribution in [2.75, 3.05) is 44.7 Å². The van der Waals surface area contributed by atoms with Crippen LogP contribution in [-0.2, 0) is 15.7 Å². The van der Waals surface area contributed by atoms with E-state index in [0.717, 1.165) is 18.2 Å². The third kappa shape index (κ3) is 5.06. The highest BCUT2D eigenvalue weighted by molar-refractivity contribution is 6.31. The molecule has 4 aliphatic rings. The Bertz CT molecular complexity index is 1100. The van der Waals surface area contributed by atoms with Gasteiger partial charge in [0.05, 0.1) is 42.4 Å². The monoisotopic (exact) mass is 564 g/mol. The van der Waals surface area contributed by atoms with Gasteiger partial charge in [0.2, 0.25) is 5.91 Å². The highest BCUT2D eigenvalue weighted by Gasteiger charge is 2.63. The number of rotatable bonds is 4. The number of alkyl halides is 5. The molecule has 0 radical (unpaired) electrons. The zero-order chi connectivity index (χ0) is 27.5. The molecule has 5 rings (SSSR count). The number of likely N-dealkylation sites (tertiary alicyclic amines) is 1. The van der Waals surface area contributed by atoms with Crippen LogP contribution >= 0.6 is 11.6 Å². The molecular weight excluding hydrogens is 535 g/mol. The number of fused-ring (bicyclic) bond motifs is 1. The van der Waals surface area contributed by atoms with Gasteiger partial charge in [0.15, 0.2) is 0 Å². The maximum atomic E-state index is 14.6. The zero-order valence-corrected chi connectivity index (χ0v) is 21.6. The molecule has 4 fully saturated rings. The first-order valence-corrected chi connectivity index (χ1v) is 13.1. The van der Waals surface area contributed by atoms with Crippen molar-refractivity contribution >= 4 is 29.2 Å². The molecule has 210 valence electrons. The minimum atomic E-state index is -4.62. The van der Waals surface area contributed by atoms with Crippen LogP contribution in [0.25, 0.3) is 0 Å². The van der Waals surface area contributed by atoms with E-state index >= 15 is 0 Å². The lowest BCUT2D eigenvalue weighted by Crippen LogP contribution is -2.68. The Balaban J connectivity index is 1.20. The summed E-state index contributed by atoms with van der Waals surface area (Å²) in [5.74, 6) is -2.98. The number of piperidine rings is 1. The highest BCUT2D eigenvalue weighted by Crippen LogP contribution is 2.61. The normalized spacial score (nSPS) is 28.8. The Morgan fingerprint density at radius 2 is 1.95 bits per heavy atom. The Kier molecular flexibility index (Phi) is 7.05. The van der Waals surface area contributed by atoms with E-state index in [0.29, 0.717) is 45.4 Å². The molecule has 3 amide bonds. The van der Waals surface area contributed by atoms with Crippen LogP contribution in [0.2, 0.25) is 5.02 Å². The quantitative estimate of drug-likeness (QED) is 0.539. The van der Waals surface area contributed by atoms with Gasteiger partial charge in [-0.15, -0.1) is 0 Å². The highest BCUT2D eigenvalue weighted by atomic mass is 35.5. The van der Waals surface area contributed by atoms with E-state index in [1.54, 1.807) is 16.7 Å². The number of carbonyl (C=O) groups is 2. The second-order valence-electron chi connectivity index (χ2n) is 10.8. The first kappa shape index (κ1) is 27.4. The summed E-state index contributed by atoms with van der Waals surface area (Å²) in [5.41, 5.74) is -1.75. The van der Waals surface area contributed by atoms with Crippen molar-refractivity contribution < 1.29 is 36.3 Å². The van der Waals surface area contributed by atoms with Crippen LogP contribution in [0.3, 0.4) is 0 Å². The van der Waals surface area contributed by atoms with Crippen molar-refractivity contribution in [3.63, 3.8) is 0 Å². The number of halogens is 6. The molecule has 1 spiro atoms. The van der Waals surface area contributed by atoms with Gasteiger partial charge < -0.3 is 19.9 Å². The zero-order valence-electron chi connectivity index (χ0n) is 20.9. The molecule has 1 aromatic carbocycles. The molecule has 7 nitrogen and oxygen atoms in total. The Hall–Kier alpha value is -2.18. The number of hydrogen-bond acceptors (Lipinski definition) is 4. The first-order valence-electron chi connectivity index (χ1n) is 12.8. The van der Waals surface area contributed by atoms with Gasteiger partial charge in [0.1, 0.15) is 6.04 Å². The second-order valence-corrected chi connectivity index (χ2v) is 11.2. The maximum Gasteiger partial charge on any atom is 0.417 e. The molecule has 1 N–H and O–H groups in total. The van der Waals surface area contributed by atoms with Crippen LogP contribution in [-0.4, -0.2) is 90.1 Å². The summed E-state index contributed by atoms with van der Waals surface area (Å²) >= 11 is 5.75. The number of anilines is 1. The van der Waals surface area contributed by atoms with Crippen LogP contribution in [0.5, 0.6) is 0 Å². The molecule has 1 aromatic rings. The van der Waals surface area contributed by atoms with E-state index in [-0.39, 0.29) is 37.3 Å². The molecule has 3 unspecified atom stereocenters. The fraction of sp³-hybridized carbons (Fsp3) is 0.680. The Morgan fingerprint density at radius 1 is 1.21 bits per heavy atom. The van der Waals surface area contributed by atoms with Crippen LogP contribution in [0.4, 0.5) is 32.4 Å². The number of ether oxygens (including phenoxy) is 1. The third-order valence-electron chi connectivity index (χ3n) is 8.42. The molecule has 3 aliphatic heterocycles. The molecule has 0 aromatic heterocycles. The number of carbonyl (C=O) groups excluding carboxylic acids is 2. The van der Waals surface area contributed by atoms with Crippen molar-refractivity contribution in [3.8, 4) is 0 Å². The maximum absolute atomic E-state index is 14.6. The number of nitrogens with zero attached hydrogens (tertiary/aromatic N) is 3. The molecule has 3 heterocycles. The number of hydrogen-bond donors (Lipinski definition) is 1.